The summed E-state index contributed by atoms with van der Waals surface area (Å²) in [7, 11) is 0. The van der Waals surface area contributed by atoms with Gasteiger partial charge in [-0.3, -0.25) is 0 Å². The van der Waals surface area contributed by atoms with Gasteiger partial charge in [0.15, 0.2) is 0 Å². The third-order valence-electron chi connectivity index (χ3n) is 3.86. The molecule has 2 N–H and O–H groups in total. The van der Waals surface area contributed by atoms with E-state index in [1.807, 2.05) is 23.1 Å². The average molecular weight is 282 g/mol. The molecule has 1 aromatic carbocycles. The lowest BCUT2D eigenvalue weighted by atomic mass is 9.99. The van der Waals surface area contributed by atoms with Gasteiger partial charge in [-0.05, 0) is 30.5 Å². The first kappa shape index (κ1) is 13.1. The van der Waals surface area contributed by atoms with E-state index in [0.717, 1.165) is 36.3 Å². The van der Waals surface area contributed by atoms with Gasteiger partial charge in [-0.1, -0.05) is 6.07 Å². The molecule has 0 aliphatic carbocycles. The molecule has 108 valence electrons. The fourth-order valence-corrected chi connectivity index (χ4v) is 2.91. The quantitative estimate of drug-likeness (QED) is 0.665. The Balaban J connectivity index is 1.78. The maximum Gasteiger partial charge on any atom is 0.377 e. The summed E-state index contributed by atoms with van der Waals surface area (Å²) in [5.41, 5.74) is 8.68. The Labute approximate surface area is 115 Å². The van der Waals surface area contributed by atoms with Crippen molar-refractivity contribution in [3.63, 3.8) is 0 Å². The highest BCUT2D eigenvalue weighted by molar-refractivity contribution is 5.79. The van der Waals surface area contributed by atoms with E-state index in [2.05, 4.69) is 0 Å². The number of hydrogen-bond acceptors (Lipinski definition) is 4. The van der Waals surface area contributed by atoms with E-state index in [9.17, 15) is 13.6 Å². The number of carbonyl (C=O) groups is 1. The Bertz CT molecular complexity index is 548. The largest absolute Gasteiger partial charge is 0.456 e. The minimum absolute atomic E-state index is 0.289. The lowest BCUT2D eigenvalue weighted by molar-refractivity contribution is -0.158. The number of carbonyl (C=O) groups excluding carboxylic acids is 1. The van der Waals surface area contributed by atoms with Crippen LogP contribution >= 0.6 is 0 Å². The molecular formula is C14H16F2N2O2. The van der Waals surface area contributed by atoms with Gasteiger partial charge in [-0.15, -0.1) is 0 Å². The minimum atomic E-state index is -3.35. The number of fused-ring (bicyclic) bond motifs is 1. The summed E-state index contributed by atoms with van der Waals surface area (Å²) in [4.78, 5) is 13.0. The van der Waals surface area contributed by atoms with E-state index in [-0.39, 0.29) is 6.54 Å². The first-order valence-corrected chi connectivity index (χ1v) is 6.68. The molecule has 0 amide bonds. The second-order valence-electron chi connectivity index (χ2n) is 5.33. The molecule has 1 aromatic rings. The molecule has 0 aromatic heterocycles. The number of hydrogen-bond donors (Lipinski definition) is 1. The van der Waals surface area contributed by atoms with Crippen LogP contribution in [0.4, 0.5) is 20.2 Å². The first-order chi connectivity index (χ1) is 9.47. The Morgan fingerprint density at radius 1 is 1.45 bits per heavy atom. The Hall–Kier alpha value is -1.85. The Morgan fingerprint density at radius 3 is 2.95 bits per heavy atom. The van der Waals surface area contributed by atoms with Crippen molar-refractivity contribution < 1.29 is 18.3 Å². The molecule has 0 radical (unpaired) electrons. The molecule has 0 spiro atoms. The molecule has 4 nitrogen and oxygen atoms in total. The predicted octanol–water partition coefficient (Wildman–Crippen LogP) is 1.97. The number of rotatable bonds is 2. The zero-order chi connectivity index (χ0) is 14.3. The van der Waals surface area contributed by atoms with Crippen molar-refractivity contribution in [2.24, 2.45) is 0 Å². The number of nitrogens with zero attached hydrogens (tertiary/aromatic N) is 1. The van der Waals surface area contributed by atoms with E-state index in [1.54, 1.807) is 0 Å². The summed E-state index contributed by atoms with van der Waals surface area (Å²) >= 11 is 0. The average Bonchev–Trinajstić information content (AvgIpc) is 2.64. The highest BCUT2D eigenvalue weighted by Crippen LogP contribution is 2.35. The summed E-state index contributed by atoms with van der Waals surface area (Å²) in [6.07, 6.45) is 0.502. The van der Waals surface area contributed by atoms with Crippen LogP contribution in [-0.2, 0) is 16.0 Å². The highest BCUT2D eigenvalue weighted by Gasteiger charge is 2.51. The fourth-order valence-electron chi connectivity index (χ4n) is 2.91. The van der Waals surface area contributed by atoms with Crippen LogP contribution in [0.15, 0.2) is 18.2 Å². The summed E-state index contributed by atoms with van der Waals surface area (Å²) in [5, 5.41) is 0. The third kappa shape index (κ3) is 2.19. The number of esters is 1. The number of ether oxygens (including phenoxy) is 1. The van der Waals surface area contributed by atoms with Gasteiger partial charge in [0.25, 0.3) is 0 Å². The smallest absolute Gasteiger partial charge is 0.377 e. The lowest BCUT2D eigenvalue weighted by Crippen LogP contribution is -2.36. The van der Waals surface area contributed by atoms with Gasteiger partial charge in [0.1, 0.15) is 6.10 Å². The van der Waals surface area contributed by atoms with Gasteiger partial charge >= 0.3 is 11.9 Å². The topological polar surface area (TPSA) is 55.6 Å². The van der Waals surface area contributed by atoms with E-state index in [0.29, 0.717) is 0 Å². The monoisotopic (exact) mass is 282 g/mol. The van der Waals surface area contributed by atoms with Crippen LogP contribution in [0.2, 0.25) is 0 Å². The summed E-state index contributed by atoms with van der Waals surface area (Å²) in [5.74, 6) is -4.76. The molecule has 1 fully saturated rings. The second-order valence-corrected chi connectivity index (χ2v) is 5.33. The Morgan fingerprint density at radius 2 is 2.25 bits per heavy atom. The van der Waals surface area contributed by atoms with Crippen LogP contribution in [-0.4, -0.2) is 31.1 Å². The van der Waals surface area contributed by atoms with Gasteiger partial charge in [-0.25, -0.2) is 4.79 Å². The van der Waals surface area contributed by atoms with Gasteiger partial charge in [0.2, 0.25) is 0 Å². The lowest BCUT2D eigenvalue weighted by Gasteiger charge is -2.33. The van der Waals surface area contributed by atoms with Crippen molar-refractivity contribution in [1.82, 2.24) is 0 Å². The molecule has 0 bridgehead atoms. The van der Waals surface area contributed by atoms with Crippen molar-refractivity contribution in [3.8, 4) is 0 Å². The molecule has 2 aliphatic heterocycles. The highest BCUT2D eigenvalue weighted by atomic mass is 19.3. The molecule has 3 rings (SSSR count). The van der Waals surface area contributed by atoms with Crippen LogP contribution in [0, 0.1) is 0 Å². The van der Waals surface area contributed by atoms with Crippen molar-refractivity contribution in [3.05, 3.63) is 23.8 Å². The molecule has 0 saturated carbocycles. The van der Waals surface area contributed by atoms with Crippen LogP contribution in [0.5, 0.6) is 0 Å². The number of nitrogens with two attached hydrogens (primary N) is 1. The molecule has 2 aliphatic rings. The van der Waals surface area contributed by atoms with Crippen LogP contribution in [0.1, 0.15) is 18.4 Å². The molecule has 6 heteroatoms. The SMILES string of the molecule is Nc1cccc2c1CCCN2CC1CC(F)(F)C(=O)O1. The number of anilines is 2. The van der Waals surface area contributed by atoms with Crippen LogP contribution in [0.25, 0.3) is 0 Å². The van der Waals surface area contributed by atoms with Crippen molar-refractivity contribution >= 4 is 17.3 Å². The van der Waals surface area contributed by atoms with Crippen LogP contribution < -0.4 is 10.6 Å². The summed E-state index contributed by atoms with van der Waals surface area (Å²) in [6.45, 7) is 1.05. The Kier molecular flexibility index (Phi) is 3.03. The van der Waals surface area contributed by atoms with E-state index >= 15 is 0 Å². The molecule has 1 unspecified atom stereocenters. The number of benzene rings is 1. The van der Waals surface area contributed by atoms with Gasteiger partial charge < -0.3 is 15.4 Å². The number of cyclic esters (lactones) is 1. The maximum absolute atomic E-state index is 13.2. The minimum Gasteiger partial charge on any atom is -0.456 e. The van der Waals surface area contributed by atoms with Gasteiger partial charge in [0, 0.05) is 17.9 Å². The summed E-state index contributed by atoms with van der Waals surface area (Å²) < 4.78 is 31.1. The number of nitrogen functional groups attached to an aromatic ring is 1. The molecule has 20 heavy (non-hydrogen) atoms. The zero-order valence-electron chi connectivity index (χ0n) is 10.9. The predicted molar refractivity (Wildman–Crippen MR) is 70.8 cm³/mol. The number of halogens is 2. The van der Waals surface area contributed by atoms with Gasteiger partial charge in [0.05, 0.1) is 13.0 Å². The molecule has 1 atom stereocenters. The molecular weight excluding hydrogens is 266 g/mol. The fraction of sp³-hybridized carbons (Fsp3) is 0.500. The molecule has 1 saturated heterocycles. The summed E-state index contributed by atoms with van der Waals surface area (Å²) in [6, 6.07) is 5.62. The van der Waals surface area contributed by atoms with E-state index in [4.69, 9.17) is 10.5 Å². The normalized spacial score (nSPS) is 24.4. The van der Waals surface area contributed by atoms with Crippen molar-refractivity contribution in [2.45, 2.75) is 31.3 Å². The first-order valence-electron chi connectivity index (χ1n) is 6.68. The number of alkyl halides is 2. The second kappa shape index (κ2) is 4.61. The third-order valence-corrected chi connectivity index (χ3v) is 3.86. The maximum atomic E-state index is 13.2. The van der Waals surface area contributed by atoms with E-state index < -0.39 is 24.4 Å². The van der Waals surface area contributed by atoms with Crippen molar-refractivity contribution in [2.75, 3.05) is 23.7 Å². The van der Waals surface area contributed by atoms with Gasteiger partial charge in [-0.2, -0.15) is 8.78 Å². The molecule has 2 heterocycles. The zero-order valence-corrected chi connectivity index (χ0v) is 10.9. The van der Waals surface area contributed by atoms with Crippen LogP contribution in [0.3, 0.4) is 0 Å². The van der Waals surface area contributed by atoms with E-state index in [1.165, 1.54) is 0 Å². The standard InChI is InChI=1S/C14H16F2N2O2/c15-14(16)7-9(20-13(14)19)8-18-6-2-3-10-11(17)4-1-5-12(10)18/h1,4-5,9H,2-3,6-8,17H2. The van der Waals surface area contributed by atoms with Crippen molar-refractivity contribution in [1.29, 1.82) is 0 Å².